The molecule has 1 saturated heterocycles. The molecule has 3 aromatic carbocycles. The predicted octanol–water partition coefficient (Wildman–Crippen LogP) is 5.07. The summed E-state index contributed by atoms with van der Waals surface area (Å²) in [5.41, 5.74) is 4.57. The number of hydrogen-bond acceptors (Lipinski definition) is 4. The first kappa shape index (κ1) is 24.2. The summed E-state index contributed by atoms with van der Waals surface area (Å²) in [6, 6.07) is 26.1. The molecule has 0 radical (unpaired) electrons. The van der Waals surface area contributed by atoms with E-state index < -0.39 is 0 Å². The topological polar surface area (TPSA) is 56.2 Å². The van der Waals surface area contributed by atoms with E-state index in [9.17, 15) is 9.59 Å². The van der Waals surface area contributed by atoms with Gasteiger partial charge in [-0.25, -0.2) is 5.01 Å². The molecule has 3 aromatic rings. The van der Waals surface area contributed by atoms with Gasteiger partial charge in [0.05, 0.1) is 11.7 Å². The van der Waals surface area contributed by atoms with Crippen molar-refractivity contribution < 1.29 is 9.59 Å². The van der Waals surface area contributed by atoms with Crippen LogP contribution in [-0.2, 0) is 9.59 Å². The standard InChI is InChI=1S/C29H29ClN4O2/c1-21-6-5-9-25(20-21)34-27(35)15-14-26(31-34)29(36)33-18-16-32(17-19-33)28(22-7-3-2-4-8-22)23-10-12-24(30)13-11-23/h2-13,20,28H,14-19H2,1H3. The van der Waals surface area contributed by atoms with E-state index in [1.54, 1.807) is 0 Å². The minimum absolute atomic E-state index is 0.0810. The van der Waals surface area contributed by atoms with Crippen LogP contribution in [0, 0.1) is 6.92 Å². The molecule has 0 aromatic heterocycles. The smallest absolute Gasteiger partial charge is 0.270 e. The maximum absolute atomic E-state index is 13.4. The highest BCUT2D eigenvalue weighted by molar-refractivity contribution is 6.40. The largest absolute Gasteiger partial charge is 0.335 e. The average molecular weight is 501 g/mol. The Morgan fingerprint density at radius 2 is 1.56 bits per heavy atom. The van der Waals surface area contributed by atoms with Crippen LogP contribution in [0.5, 0.6) is 0 Å². The van der Waals surface area contributed by atoms with Gasteiger partial charge in [0.15, 0.2) is 0 Å². The molecule has 1 fully saturated rings. The lowest BCUT2D eigenvalue weighted by molar-refractivity contribution is -0.126. The molecular weight excluding hydrogens is 472 g/mol. The minimum Gasteiger partial charge on any atom is -0.335 e. The van der Waals surface area contributed by atoms with Gasteiger partial charge in [-0.05, 0) is 47.9 Å². The van der Waals surface area contributed by atoms with Gasteiger partial charge < -0.3 is 4.90 Å². The third kappa shape index (κ3) is 5.20. The van der Waals surface area contributed by atoms with Gasteiger partial charge in [0.25, 0.3) is 5.91 Å². The van der Waals surface area contributed by atoms with Crippen LogP contribution in [0.15, 0.2) is 84.0 Å². The zero-order valence-electron chi connectivity index (χ0n) is 20.3. The summed E-state index contributed by atoms with van der Waals surface area (Å²) in [6.07, 6.45) is 0.655. The molecule has 2 aliphatic rings. The molecule has 6 nitrogen and oxygen atoms in total. The van der Waals surface area contributed by atoms with Crippen molar-refractivity contribution in [1.29, 1.82) is 0 Å². The van der Waals surface area contributed by atoms with Crippen LogP contribution in [0.3, 0.4) is 0 Å². The summed E-state index contributed by atoms with van der Waals surface area (Å²) in [6.45, 7) is 4.66. The summed E-state index contributed by atoms with van der Waals surface area (Å²) >= 11 is 6.15. The lowest BCUT2D eigenvalue weighted by Crippen LogP contribution is -2.52. The number of piperazine rings is 1. The first-order valence-corrected chi connectivity index (χ1v) is 12.7. The number of benzene rings is 3. The molecule has 2 heterocycles. The molecule has 2 aliphatic heterocycles. The van der Waals surface area contributed by atoms with Gasteiger partial charge in [-0.15, -0.1) is 0 Å². The zero-order chi connectivity index (χ0) is 25.1. The van der Waals surface area contributed by atoms with Crippen molar-refractivity contribution in [2.75, 3.05) is 31.2 Å². The van der Waals surface area contributed by atoms with Crippen molar-refractivity contribution in [3.63, 3.8) is 0 Å². The van der Waals surface area contributed by atoms with Crippen molar-refractivity contribution >= 4 is 34.8 Å². The number of rotatable bonds is 5. The molecule has 0 N–H and O–H groups in total. The highest BCUT2D eigenvalue weighted by atomic mass is 35.5. The van der Waals surface area contributed by atoms with E-state index in [0.717, 1.165) is 18.7 Å². The molecule has 1 atom stereocenters. The first-order chi connectivity index (χ1) is 17.5. The number of carbonyl (C=O) groups excluding carboxylic acids is 2. The third-order valence-corrected chi connectivity index (χ3v) is 7.05. The van der Waals surface area contributed by atoms with Crippen LogP contribution < -0.4 is 5.01 Å². The number of anilines is 1. The summed E-state index contributed by atoms with van der Waals surface area (Å²) in [5.74, 6) is -0.168. The Labute approximate surface area is 216 Å². The van der Waals surface area contributed by atoms with Gasteiger partial charge in [-0.1, -0.05) is 66.2 Å². The van der Waals surface area contributed by atoms with E-state index >= 15 is 0 Å². The first-order valence-electron chi connectivity index (χ1n) is 12.3. The third-order valence-electron chi connectivity index (χ3n) is 6.79. The number of amides is 2. The van der Waals surface area contributed by atoms with E-state index in [-0.39, 0.29) is 24.3 Å². The van der Waals surface area contributed by atoms with Gasteiger partial charge in [0.1, 0.15) is 5.71 Å². The molecule has 5 rings (SSSR count). The van der Waals surface area contributed by atoms with E-state index in [1.165, 1.54) is 16.1 Å². The lowest BCUT2D eigenvalue weighted by Gasteiger charge is -2.40. The Morgan fingerprint density at radius 1 is 0.861 bits per heavy atom. The molecule has 184 valence electrons. The summed E-state index contributed by atoms with van der Waals surface area (Å²) in [4.78, 5) is 30.2. The van der Waals surface area contributed by atoms with Crippen LogP contribution in [0.2, 0.25) is 5.02 Å². The molecule has 36 heavy (non-hydrogen) atoms. The summed E-state index contributed by atoms with van der Waals surface area (Å²) in [7, 11) is 0. The van der Waals surface area contributed by atoms with E-state index in [1.807, 2.05) is 54.3 Å². The maximum atomic E-state index is 13.4. The molecule has 1 unspecified atom stereocenters. The predicted molar refractivity (Wildman–Crippen MR) is 143 cm³/mol. The van der Waals surface area contributed by atoms with E-state index in [2.05, 4.69) is 46.4 Å². The highest BCUT2D eigenvalue weighted by Gasteiger charge is 2.32. The average Bonchev–Trinajstić information content (AvgIpc) is 2.91. The summed E-state index contributed by atoms with van der Waals surface area (Å²) in [5, 5.41) is 6.59. The zero-order valence-corrected chi connectivity index (χ0v) is 21.1. The number of carbonyl (C=O) groups is 2. The fourth-order valence-electron chi connectivity index (χ4n) is 4.93. The number of halogens is 1. The maximum Gasteiger partial charge on any atom is 0.270 e. The fraction of sp³-hybridized carbons (Fsp3) is 0.276. The van der Waals surface area contributed by atoms with Crippen LogP contribution in [-0.4, -0.2) is 53.5 Å². The van der Waals surface area contributed by atoms with Crippen LogP contribution >= 0.6 is 11.6 Å². The summed E-state index contributed by atoms with van der Waals surface area (Å²) < 4.78 is 0. The Kier molecular flexibility index (Phi) is 7.16. The normalized spacial score (nSPS) is 17.6. The Bertz CT molecular complexity index is 1270. The van der Waals surface area contributed by atoms with E-state index in [0.29, 0.717) is 35.9 Å². The fourth-order valence-corrected chi connectivity index (χ4v) is 5.06. The van der Waals surface area contributed by atoms with Gasteiger partial charge >= 0.3 is 0 Å². The second-order valence-corrected chi connectivity index (χ2v) is 9.72. The van der Waals surface area contributed by atoms with Gasteiger partial charge in [-0.2, -0.15) is 5.10 Å². The monoisotopic (exact) mass is 500 g/mol. The van der Waals surface area contributed by atoms with Gasteiger partial charge in [-0.3, -0.25) is 14.5 Å². The van der Waals surface area contributed by atoms with Crippen molar-refractivity contribution in [2.24, 2.45) is 5.10 Å². The molecule has 0 spiro atoms. The number of hydrazone groups is 1. The van der Waals surface area contributed by atoms with Gasteiger partial charge in [0, 0.05) is 44.0 Å². The minimum atomic E-state index is -0.0874. The number of nitrogens with zero attached hydrogens (tertiary/aromatic N) is 4. The van der Waals surface area contributed by atoms with Gasteiger partial charge in [0.2, 0.25) is 5.91 Å². The quantitative estimate of drug-likeness (QED) is 0.491. The SMILES string of the molecule is Cc1cccc(N2N=C(C(=O)N3CCN(C(c4ccccc4)c4ccc(Cl)cc4)CC3)CCC2=O)c1. The Morgan fingerprint density at radius 3 is 2.25 bits per heavy atom. The van der Waals surface area contributed by atoms with Crippen molar-refractivity contribution in [3.8, 4) is 0 Å². The van der Waals surface area contributed by atoms with Crippen LogP contribution in [0.4, 0.5) is 5.69 Å². The van der Waals surface area contributed by atoms with E-state index in [4.69, 9.17) is 11.6 Å². The lowest BCUT2D eigenvalue weighted by atomic mass is 9.96. The van der Waals surface area contributed by atoms with Crippen molar-refractivity contribution in [1.82, 2.24) is 9.80 Å². The molecule has 2 amide bonds. The van der Waals surface area contributed by atoms with Crippen LogP contribution in [0.1, 0.15) is 35.6 Å². The Balaban J connectivity index is 1.31. The highest BCUT2D eigenvalue weighted by Crippen LogP contribution is 2.30. The molecule has 0 aliphatic carbocycles. The number of aryl methyl sites for hydroxylation is 1. The molecular formula is C29H29ClN4O2. The Hall–Kier alpha value is -3.48. The van der Waals surface area contributed by atoms with Crippen molar-refractivity contribution in [2.45, 2.75) is 25.8 Å². The second kappa shape index (κ2) is 10.6. The molecule has 7 heteroatoms. The van der Waals surface area contributed by atoms with Crippen LogP contribution in [0.25, 0.3) is 0 Å². The van der Waals surface area contributed by atoms with Crippen molar-refractivity contribution in [3.05, 3.63) is 101 Å². The second-order valence-electron chi connectivity index (χ2n) is 9.28. The molecule has 0 saturated carbocycles. The number of hydrogen-bond donors (Lipinski definition) is 0. The molecule has 0 bridgehead atoms.